The highest BCUT2D eigenvalue weighted by Crippen LogP contribution is 2.19. The highest BCUT2D eigenvalue weighted by molar-refractivity contribution is 14.0. The van der Waals surface area contributed by atoms with Crippen LogP contribution in [0.25, 0.3) is 10.9 Å². The Hall–Kier alpha value is -1.81. The molecule has 8 heteroatoms. The van der Waals surface area contributed by atoms with Crippen molar-refractivity contribution in [3.05, 3.63) is 47.1 Å². The third-order valence-electron chi connectivity index (χ3n) is 4.03. The lowest BCUT2D eigenvalue weighted by Gasteiger charge is -2.10. The Bertz CT molecular complexity index is 870. The molecule has 2 heterocycles. The molecule has 0 atom stereocenters. The van der Waals surface area contributed by atoms with Gasteiger partial charge in [-0.25, -0.2) is 9.98 Å². The first-order chi connectivity index (χ1) is 12.7. The maximum absolute atomic E-state index is 4.65. The molecule has 0 saturated carbocycles. The Labute approximate surface area is 181 Å². The summed E-state index contributed by atoms with van der Waals surface area (Å²) in [6.45, 7) is 4.31. The number of nitrogens with zero attached hydrogens (tertiary/aromatic N) is 3. The van der Waals surface area contributed by atoms with Crippen molar-refractivity contribution >= 4 is 57.3 Å². The minimum Gasteiger partial charge on any atom is -0.361 e. The predicted octanol–water partition coefficient (Wildman–Crippen LogP) is 3.61. The molecule has 3 N–H and O–H groups in total. The van der Waals surface area contributed by atoms with E-state index in [0.717, 1.165) is 36.3 Å². The van der Waals surface area contributed by atoms with Crippen molar-refractivity contribution in [2.45, 2.75) is 19.9 Å². The van der Waals surface area contributed by atoms with Crippen LogP contribution in [0, 0.1) is 0 Å². The van der Waals surface area contributed by atoms with Gasteiger partial charge in [0.25, 0.3) is 0 Å². The van der Waals surface area contributed by atoms with E-state index in [1.807, 2.05) is 19.0 Å². The van der Waals surface area contributed by atoms with Gasteiger partial charge in [-0.1, -0.05) is 18.2 Å². The molecule has 0 spiro atoms. The molecule has 0 amide bonds. The van der Waals surface area contributed by atoms with E-state index in [-0.39, 0.29) is 24.0 Å². The third kappa shape index (κ3) is 5.83. The number of aromatic nitrogens is 2. The standard InChI is InChI=1S/C19H26N6S.HI/c1-4-20-18(23-12-15-13-26-19(24-15)25(2)3)21-10-9-14-11-22-17-8-6-5-7-16(14)17;/h5-8,11,13,22H,4,9-10,12H2,1-3H3,(H2,20,21,23);1H. The predicted molar refractivity (Wildman–Crippen MR) is 127 cm³/mol. The van der Waals surface area contributed by atoms with Crippen LogP contribution in [0.3, 0.4) is 0 Å². The van der Waals surface area contributed by atoms with Crippen molar-refractivity contribution in [1.82, 2.24) is 20.6 Å². The number of benzene rings is 1. The molecule has 0 unspecified atom stereocenters. The summed E-state index contributed by atoms with van der Waals surface area (Å²) in [5.41, 5.74) is 3.50. The molecule has 3 rings (SSSR count). The number of halogens is 1. The van der Waals surface area contributed by atoms with Crippen LogP contribution in [0.15, 0.2) is 40.8 Å². The zero-order chi connectivity index (χ0) is 18.4. The highest BCUT2D eigenvalue weighted by atomic mass is 127. The van der Waals surface area contributed by atoms with Crippen LogP contribution in [-0.4, -0.2) is 43.1 Å². The number of rotatable bonds is 7. The number of aliphatic imine (C=N–C) groups is 1. The van der Waals surface area contributed by atoms with Gasteiger partial charge in [-0.2, -0.15) is 0 Å². The van der Waals surface area contributed by atoms with Gasteiger partial charge < -0.3 is 20.5 Å². The fraction of sp³-hybridized carbons (Fsp3) is 0.368. The van der Waals surface area contributed by atoms with Gasteiger partial charge in [-0.05, 0) is 25.0 Å². The maximum atomic E-state index is 4.65. The molecule has 0 fully saturated rings. The molecule has 3 aromatic rings. The number of nitrogens with one attached hydrogen (secondary N) is 3. The van der Waals surface area contributed by atoms with E-state index in [1.54, 1.807) is 11.3 Å². The van der Waals surface area contributed by atoms with Crippen LogP contribution in [0.2, 0.25) is 0 Å². The lowest BCUT2D eigenvalue weighted by atomic mass is 10.1. The zero-order valence-corrected chi connectivity index (χ0v) is 19.1. The molecule has 0 aliphatic heterocycles. The van der Waals surface area contributed by atoms with Gasteiger partial charge in [0, 0.05) is 49.7 Å². The van der Waals surface area contributed by atoms with Gasteiger partial charge in [0.05, 0.1) is 12.2 Å². The molecular formula is C19H27IN6S. The summed E-state index contributed by atoms with van der Waals surface area (Å²) in [5.74, 6) is 0.826. The molecule has 0 aliphatic rings. The topological polar surface area (TPSA) is 68.3 Å². The van der Waals surface area contributed by atoms with Crippen molar-refractivity contribution < 1.29 is 0 Å². The van der Waals surface area contributed by atoms with Crippen molar-refractivity contribution in [3.63, 3.8) is 0 Å². The minimum atomic E-state index is 0. The smallest absolute Gasteiger partial charge is 0.191 e. The second-order valence-corrected chi connectivity index (χ2v) is 7.08. The number of hydrogen-bond donors (Lipinski definition) is 3. The van der Waals surface area contributed by atoms with Crippen molar-refractivity contribution in [3.8, 4) is 0 Å². The monoisotopic (exact) mass is 498 g/mol. The molecule has 6 nitrogen and oxygen atoms in total. The van der Waals surface area contributed by atoms with Gasteiger partial charge >= 0.3 is 0 Å². The lowest BCUT2D eigenvalue weighted by Crippen LogP contribution is -2.38. The molecule has 27 heavy (non-hydrogen) atoms. The number of para-hydroxylation sites is 1. The molecule has 0 saturated heterocycles. The summed E-state index contributed by atoms with van der Waals surface area (Å²) in [4.78, 5) is 14.6. The molecule has 1 aromatic carbocycles. The lowest BCUT2D eigenvalue weighted by molar-refractivity contribution is 0.799. The number of guanidine groups is 1. The van der Waals surface area contributed by atoms with Crippen molar-refractivity contribution in [2.24, 2.45) is 4.99 Å². The van der Waals surface area contributed by atoms with Crippen LogP contribution >= 0.6 is 35.3 Å². The summed E-state index contributed by atoms with van der Waals surface area (Å²) in [7, 11) is 4.00. The molecule has 146 valence electrons. The second-order valence-electron chi connectivity index (χ2n) is 6.25. The van der Waals surface area contributed by atoms with Crippen LogP contribution in [0.1, 0.15) is 18.2 Å². The highest BCUT2D eigenvalue weighted by Gasteiger charge is 2.05. The van der Waals surface area contributed by atoms with E-state index in [0.29, 0.717) is 6.54 Å². The molecule has 2 aromatic heterocycles. The average molecular weight is 498 g/mol. The largest absolute Gasteiger partial charge is 0.361 e. The van der Waals surface area contributed by atoms with E-state index in [1.165, 1.54) is 16.5 Å². The number of fused-ring (bicyclic) bond motifs is 1. The summed E-state index contributed by atoms with van der Waals surface area (Å²) >= 11 is 1.64. The second kappa shape index (κ2) is 10.5. The van der Waals surface area contributed by atoms with Crippen LogP contribution in [0.4, 0.5) is 5.13 Å². The summed E-state index contributed by atoms with van der Waals surface area (Å²) in [5, 5.41) is 11.1. The molecule has 0 aliphatic carbocycles. The van der Waals surface area contributed by atoms with E-state index in [2.05, 4.69) is 68.4 Å². The van der Waals surface area contributed by atoms with Crippen molar-refractivity contribution in [2.75, 3.05) is 32.1 Å². The Morgan fingerprint density at radius 3 is 2.81 bits per heavy atom. The molecule has 0 radical (unpaired) electrons. The van der Waals surface area contributed by atoms with Crippen LogP contribution < -0.4 is 15.5 Å². The third-order valence-corrected chi connectivity index (χ3v) is 5.08. The Morgan fingerprint density at radius 2 is 2.07 bits per heavy atom. The summed E-state index contributed by atoms with van der Waals surface area (Å²) in [6, 6.07) is 8.39. The Morgan fingerprint density at radius 1 is 1.26 bits per heavy atom. The van der Waals surface area contributed by atoms with Gasteiger partial charge in [-0.15, -0.1) is 35.3 Å². The first-order valence-electron chi connectivity index (χ1n) is 8.86. The molecule has 0 bridgehead atoms. The van der Waals surface area contributed by atoms with Gasteiger partial charge in [0.1, 0.15) is 0 Å². The van der Waals surface area contributed by atoms with E-state index in [4.69, 9.17) is 0 Å². The van der Waals surface area contributed by atoms with Gasteiger partial charge in [0.2, 0.25) is 0 Å². The Balaban J connectivity index is 0.00000261. The number of aromatic amines is 1. The fourth-order valence-corrected chi connectivity index (χ4v) is 3.48. The van der Waals surface area contributed by atoms with Crippen molar-refractivity contribution in [1.29, 1.82) is 0 Å². The first-order valence-corrected chi connectivity index (χ1v) is 9.74. The quantitative estimate of drug-likeness (QED) is 0.265. The normalized spacial score (nSPS) is 11.3. The number of anilines is 1. The SMILES string of the molecule is CCNC(=NCc1csc(N(C)C)n1)NCCc1c[nH]c2ccccc12.I. The number of hydrogen-bond acceptors (Lipinski definition) is 4. The van der Waals surface area contributed by atoms with E-state index in [9.17, 15) is 0 Å². The van der Waals surface area contributed by atoms with Gasteiger partial charge in [-0.3, -0.25) is 0 Å². The van der Waals surface area contributed by atoms with Crippen LogP contribution in [0.5, 0.6) is 0 Å². The number of thiazole rings is 1. The Kier molecular flexibility index (Phi) is 8.36. The fourth-order valence-electron chi connectivity index (χ4n) is 2.73. The zero-order valence-electron chi connectivity index (χ0n) is 16.0. The van der Waals surface area contributed by atoms with Crippen LogP contribution in [-0.2, 0) is 13.0 Å². The summed E-state index contributed by atoms with van der Waals surface area (Å²) < 4.78 is 0. The maximum Gasteiger partial charge on any atom is 0.191 e. The van der Waals surface area contributed by atoms with Gasteiger partial charge in [0.15, 0.2) is 11.1 Å². The summed E-state index contributed by atoms with van der Waals surface area (Å²) in [6.07, 6.45) is 3.03. The van der Waals surface area contributed by atoms with E-state index < -0.39 is 0 Å². The average Bonchev–Trinajstić information content (AvgIpc) is 3.27. The van der Waals surface area contributed by atoms with E-state index >= 15 is 0 Å². The minimum absolute atomic E-state index is 0. The molecular weight excluding hydrogens is 471 g/mol. The first kappa shape index (κ1) is 21.5. The number of H-pyrrole nitrogens is 1.